The van der Waals surface area contributed by atoms with Crippen LogP contribution in [0.1, 0.15) is 35.1 Å². The Hall–Kier alpha value is -2.38. The Morgan fingerprint density at radius 3 is 2.63 bits per heavy atom. The second-order valence-electron chi connectivity index (χ2n) is 6.16. The fourth-order valence-electron chi connectivity index (χ4n) is 3.06. The van der Waals surface area contributed by atoms with Gasteiger partial charge in [0.2, 0.25) is 5.91 Å². The summed E-state index contributed by atoms with van der Waals surface area (Å²) >= 11 is 12.3. The molecule has 9 heteroatoms. The van der Waals surface area contributed by atoms with Crippen molar-refractivity contribution in [1.82, 2.24) is 20.2 Å². The van der Waals surface area contributed by atoms with Crippen LogP contribution in [0.3, 0.4) is 0 Å². The Bertz CT molecular complexity index is 924. The lowest BCUT2D eigenvalue weighted by Crippen LogP contribution is -2.57. The molecule has 2 aromatic rings. The molecule has 2 amide bonds. The van der Waals surface area contributed by atoms with Crippen molar-refractivity contribution in [3.05, 3.63) is 61.7 Å². The Morgan fingerprint density at radius 1 is 1.30 bits per heavy atom. The predicted molar refractivity (Wildman–Crippen MR) is 102 cm³/mol. The molecule has 1 aliphatic heterocycles. The summed E-state index contributed by atoms with van der Waals surface area (Å²) < 4.78 is 0. The normalized spacial score (nSPS) is 16.9. The highest BCUT2D eigenvalue weighted by molar-refractivity contribution is 6.36. The third kappa shape index (κ3) is 3.99. The number of benzene rings is 1. The number of aromatic amines is 1. The van der Waals surface area contributed by atoms with Crippen LogP contribution in [0.15, 0.2) is 29.2 Å². The number of hydrogen-bond acceptors (Lipinski definition) is 4. The van der Waals surface area contributed by atoms with Crippen LogP contribution in [0, 0.1) is 0 Å². The Morgan fingerprint density at radius 2 is 2.00 bits per heavy atom. The van der Waals surface area contributed by atoms with E-state index >= 15 is 0 Å². The maximum atomic E-state index is 12.8. The van der Waals surface area contributed by atoms with Crippen LogP contribution in [-0.2, 0) is 11.2 Å². The molecule has 7 nitrogen and oxygen atoms in total. The number of rotatable bonds is 4. The van der Waals surface area contributed by atoms with Crippen LogP contribution in [0.2, 0.25) is 10.0 Å². The van der Waals surface area contributed by atoms with Crippen molar-refractivity contribution in [2.45, 2.75) is 25.8 Å². The largest absolute Gasteiger partial charge is 0.353 e. The fourth-order valence-corrected chi connectivity index (χ4v) is 3.59. The second-order valence-corrected chi connectivity index (χ2v) is 6.98. The molecule has 0 aliphatic carbocycles. The van der Waals surface area contributed by atoms with Crippen LogP contribution in [0.4, 0.5) is 0 Å². The van der Waals surface area contributed by atoms with Gasteiger partial charge in [-0.2, -0.15) is 0 Å². The molecule has 1 unspecified atom stereocenters. The molecule has 3 rings (SSSR count). The van der Waals surface area contributed by atoms with Crippen molar-refractivity contribution in [2.75, 3.05) is 13.1 Å². The molecule has 0 saturated carbocycles. The number of piperazine rings is 1. The van der Waals surface area contributed by atoms with E-state index in [2.05, 4.69) is 15.3 Å². The lowest BCUT2D eigenvalue weighted by Gasteiger charge is -2.34. The third-order valence-electron chi connectivity index (χ3n) is 4.47. The van der Waals surface area contributed by atoms with E-state index in [-0.39, 0.29) is 17.9 Å². The van der Waals surface area contributed by atoms with Gasteiger partial charge in [0.1, 0.15) is 17.4 Å². The molecule has 27 heavy (non-hydrogen) atoms. The monoisotopic (exact) mass is 408 g/mol. The van der Waals surface area contributed by atoms with Gasteiger partial charge in [0, 0.05) is 35.8 Å². The molecule has 1 aromatic heterocycles. The molecule has 1 fully saturated rings. The van der Waals surface area contributed by atoms with Gasteiger partial charge >= 0.3 is 0 Å². The maximum absolute atomic E-state index is 12.8. The van der Waals surface area contributed by atoms with Crippen molar-refractivity contribution in [3.63, 3.8) is 0 Å². The summed E-state index contributed by atoms with van der Waals surface area (Å²) in [6, 6.07) is 4.54. The third-order valence-corrected chi connectivity index (χ3v) is 5.17. The average Bonchev–Trinajstić information content (AvgIpc) is 2.64. The van der Waals surface area contributed by atoms with Crippen molar-refractivity contribution in [3.8, 4) is 0 Å². The van der Waals surface area contributed by atoms with Gasteiger partial charge in [0.05, 0.1) is 0 Å². The van der Waals surface area contributed by atoms with Crippen molar-refractivity contribution >= 4 is 35.0 Å². The SMILES string of the molecule is CCC1C(=O)NCCN1C(=O)c1cnc(Cc2c(Cl)cccc2Cl)[nH]c1=O. The lowest BCUT2D eigenvalue weighted by atomic mass is 10.1. The predicted octanol–water partition coefficient (Wildman–Crippen LogP) is 2.02. The zero-order valence-electron chi connectivity index (χ0n) is 14.6. The number of carbonyl (C=O) groups excluding carboxylic acids is 2. The van der Waals surface area contributed by atoms with E-state index in [4.69, 9.17) is 23.2 Å². The van der Waals surface area contributed by atoms with E-state index in [1.807, 2.05) is 6.92 Å². The molecule has 142 valence electrons. The summed E-state index contributed by atoms with van der Waals surface area (Å²) in [6.45, 7) is 2.52. The van der Waals surface area contributed by atoms with Gasteiger partial charge in [-0.25, -0.2) is 4.98 Å². The van der Waals surface area contributed by atoms with Gasteiger partial charge in [-0.1, -0.05) is 36.2 Å². The molecule has 0 spiro atoms. The average molecular weight is 409 g/mol. The van der Waals surface area contributed by atoms with Crippen molar-refractivity contribution in [2.24, 2.45) is 0 Å². The highest BCUT2D eigenvalue weighted by atomic mass is 35.5. The quantitative estimate of drug-likeness (QED) is 0.808. The molecule has 2 N–H and O–H groups in total. The number of carbonyl (C=O) groups is 2. The first-order valence-corrected chi connectivity index (χ1v) is 9.27. The Labute approximate surface area is 165 Å². The maximum Gasteiger partial charge on any atom is 0.263 e. The van der Waals surface area contributed by atoms with Crippen molar-refractivity contribution in [1.29, 1.82) is 0 Å². The summed E-state index contributed by atoms with van der Waals surface area (Å²) in [5.41, 5.74) is -0.0204. The molecule has 1 saturated heterocycles. The molecule has 1 aliphatic rings. The van der Waals surface area contributed by atoms with Gasteiger partial charge < -0.3 is 15.2 Å². The molecule has 1 aromatic carbocycles. The van der Waals surface area contributed by atoms with Gasteiger partial charge in [-0.05, 0) is 24.1 Å². The molecule has 0 bridgehead atoms. The summed E-state index contributed by atoms with van der Waals surface area (Å²) in [6.07, 6.45) is 1.93. The number of hydrogen-bond donors (Lipinski definition) is 2. The summed E-state index contributed by atoms with van der Waals surface area (Å²) in [5, 5.41) is 3.66. The molecule has 1 atom stereocenters. The zero-order chi connectivity index (χ0) is 19.6. The van der Waals surface area contributed by atoms with Crippen LogP contribution >= 0.6 is 23.2 Å². The topological polar surface area (TPSA) is 95.2 Å². The number of nitrogens with one attached hydrogen (secondary N) is 2. The minimum atomic E-state index is -0.591. The first-order chi connectivity index (χ1) is 12.9. The van der Waals surface area contributed by atoms with Crippen LogP contribution in [0.5, 0.6) is 0 Å². The van der Waals surface area contributed by atoms with E-state index in [0.29, 0.717) is 40.9 Å². The van der Waals surface area contributed by atoms with Gasteiger partial charge in [-0.3, -0.25) is 14.4 Å². The van der Waals surface area contributed by atoms with E-state index in [9.17, 15) is 14.4 Å². The number of aromatic nitrogens is 2. The fraction of sp³-hybridized carbons (Fsp3) is 0.333. The smallest absolute Gasteiger partial charge is 0.263 e. The number of halogens is 2. The molecular weight excluding hydrogens is 391 g/mol. The number of H-pyrrole nitrogens is 1. The van der Waals surface area contributed by atoms with E-state index in [1.54, 1.807) is 18.2 Å². The Kier molecular flexibility index (Phi) is 5.82. The highest BCUT2D eigenvalue weighted by Crippen LogP contribution is 2.25. The summed E-state index contributed by atoms with van der Waals surface area (Å²) in [5.74, 6) is -0.380. The van der Waals surface area contributed by atoms with Gasteiger partial charge in [0.25, 0.3) is 11.5 Å². The zero-order valence-corrected chi connectivity index (χ0v) is 16.1. The second kappa shape index (κ2) is 8.10. The Balaban J connectivity index is 1.85. The van der Waals surface area contributed by atoms with Gasteiger partial charge in [-0.15, -0.1) is 0 Å². The van der Waals surface area contributed by atoms with Crippen LogP contribution in [-0.4, -0.2) is 45.8 Å². The summed E-state index contributed by atoms with van der Waals surface area (Å²) in [4.78, 5) is 45.4. The van der Waals surface area contributed by atoms with Crippen molar-refractivity contribution < 1.29 is 9.59 Å². The van der Waals surface area contributed by atoms with E-state index in [0.717, 1.165) is 0 Å². The molecular formula is C18H18Cl2N4O3. The number of amides is 2. The molecule has 0 radical (unpaired) electrons. The van der Waals surface area contributed by atoms with E-state index in [1.165, 1.54) is 11.1 Å². The minimum absolute atomic E-state index is 0.0999. The number of nitrogens with zero attached hydrogens (tertiary/aromatic N) is 2. The lowest BCUT2D eigenvalue weighted by molar-refractivity contribution is -0.127. The summed E-state index contributed by atoms with van der Waals surface area (Å²) in [7, 11) is 0. The standard InChI is InChI=1S/C18H18Cl2N4O3/c1-2-14-17(26)21-6-7-24(14)18(27)11-9-22-15(23-16(11)25)8-10-12(19)4-3-5-13(10)20/h3-5,9,14H,2,6-8H2,1H3,(H,21,26)(H,22,23,25). The molecule has 2 heterocycles. The van der Waals surface area contributed by atoms with Gasteiger partial charge in [0.15, 0.2) is 0 Å². The van der Waals surface area contributed by atoms with E-state index < -0.39 is 17.5 Å². The first-order valence-electron chi connectivity index (χ1n) is 8.52. The van der Waals surface area contributed by atoms with Crippen LogP contribution < -0.4 is 10.9 Å². The van der Waals surface area contributed by atoms with Crippen LogP contribution in [0.25, 0.3) is 0 Å². The minimum Gasteiger partial charge on any atom is -0.353 e. The highest BCUT2D eigenvalue weighted by Gasteiger charge is 2.33. The first kappa shape index (κ1) is 19.4.